The first kappa shape index (κ1) is 12.3. The van der Waals surface area contributed by atoms with E-state index in [1.54, 1.807) is 0 Å². The summed E-state index contributed by atoms with van der Waals surface area (Å²) in [4.78, 5) is 9.55. The number of halogens is 1. The zero-order chi connectivity index (χ0) is 8.43. The Morgan fingerprint density at radius 2 is 2.17 bits per heavy atom. The summed E-state index contributed by atoms with van der Waals surface area (Å²) in [7, 11) is 0. The van der Waals surface area contributed by atoms with E-state index in [0.29, 0.717) is 0 Å². The average molecular weight is 214 g/mol. The zero-order valence-corrected chi connectivity index (χ0v) is 10.2. The fourth-order valence-electron chi connectivity index (χ4n) is 0.609. The van der Waals surface area contributed by atoms with Gasteiger partial charge in [-0.25, -0.2) is 0 Å². The van der Waals surface area contributed by atoms with E-state index >= 15 is 0 Å². The molecule has 0 spiro atoms. The Kier molecular flexibility index (Phi) is 5.31. The largest absolute Gasteiger partial charge is 1.00 e. The first-order chi connectivity index (χ1) is 5.11. The van der Waals surface area contributed by atoms with Crippen LogP contribution in [0.25, 0.3) is 0 Å². The Labute approximate surface area is 118 Å². The summed E-state index contributed by atoms with van der Waals surface area (Å²) in [5.74, 6) is -0.155. The van der Waals surface area contributed by atoms with E-state index in [0.717, 1.165) is 6.07 Å². The number of phenolic OH excluding ortho intramolecular Hbond substituents is 1. The maximum absolute atomic E-state index is 10.1. The Bertz CT molecular complexity index is 310. The predicted molar refractivity (Wildman–Crippen MR) is 40.9 cm³/mol. The number of non-ortho nitro benzene ring substituents is 1. The fourth-order valence-corrected chi connectivity index (χ4v) is 0.784. The normalized spacial score (nSPS) is 8.75. The van der Waals surface area contributed by atoms with Gasteiger partial charge in [0.1, 0.15) is 5.75 Å². The SMILES string of the molecule is O=[N+]([O-])c1ccc(O)c(Cl)c1.[H-].[K+]. The van der Waals surface area contributed by atoms with Crippen molar-refractivity contribution in [3.63, 3.8) is 0 Å². The van der Waals surface area contributed by atoms with Crippen LogP contribution in [0.5, 0.6) is 5.75 Å². The van der Waals surface area contributed by atoms with Crippen LogP contribution in [0, 0.1) is 10.1 Å². The molecule has 0 heterocycles. The van der Waals surface area contributed by atoms with Crippen LogP contribution < -0.4 is 51.4 Å². The molecule has 0 saturated carbocycles. The van der Waals surface area contributed by atoms with Gasteiger partial charge in [-0.2, -0.15) is 0 Å². The van der Waals surface area contributed by atoms with Gasteiger partial charge in [0, 0.05) is 12.1 Å². The van der Waals surface area contributed by atoms with Crippen molar-refractivity contribution in [2.45, 2.75) is 0 Å². The van der Waals surface area contributed by atoms with E-state index in [9.17, 15) is 10.1 Å². The minimum absolute atomic E-state index is 0. The van der Waals surface area contributed by atoms with Crippen molar-refractivity contribution in [2.75, 3.05) is 0 Å². The van der Waals surface area contributed by atoms with Crippen molar-refractivity contribution in [3.8, 4) is 5.75 Å². The van der Waals surface area contributed by atoms with Gasteiger partial charge in [0.2, 0.25) is 0 Å². The maximum atomic E-state index is 10.1. The number of aromatic hydroxyl groups is 1. The molecule has 0 saturated heterocycles. The molecular weight excluding hydrogens is 209 g/mol. The maximum Gasteiger partial charge on any atom is 1.00 e. The molecule has 0 amide bonds. The Balaban J connectivity index is 0. The molecule has 6 heteroatoms. The second kappa shape index (κ2) is 5.16. The van der Waals surface area contributed by atoms with Crippen LogP contribution in [0.1, 0.15) is 1.43 Å². The number of phenols is 1. The number of benzene rings is 1. The number of nitrogens with zero attached hydrogens (tertiary/aromatic N) is 1. The van der Waals surface area contributed by atoms with Crippen LogP contribution in [0.3, 0.4) is 0 Å². The molecule has 1 rings (SSSR count). The van der Waals surface area contributed by atoms with Crippen LogP contribution in [-0.4, -0.2) is 10.0 Å². The van der Waals surface area contributed by atoms with Crippen molar-refractivity contribution in [2.24, 2.45) is 0 Å². The summed E-state index contributed by atoms with van der Waals surface area (Å²) in [6.45, 7) is 0. The minimum Gasteiger partial charge on any atom is -1.00 e. The van der Waals surface area contributed by atoms with Crippen molar-refractivity contribution < 1.29 is 62.8 Å². The van der Waals surface area contributed by atoms with Gasteiger partial charge in [-0.3, -0.25) is 10.1 Å². The van der Waals surface area contributed by atoms with Crippen LogP contribution in [0.2, 0.25) is 5.02 Å². The van der Waals surface area contributed by atoms with Gasteiger partial charge in [-0.1, -0.05) is 11.6 Å². The van der Waals surface area contributed by atoms with Crippen molar-refractivity contribution in [3.05, 3.63) is 33.3 Å². The van der Waals surface area contributed by atoms with Gasteiger partial charge in [-0.05, 0) is 6.07 Å². The molecule has 0 unspecified atom stereocenters. The average Bonchev–Trinajstić information content (AvgIpc) is 1.94. The van der Waals surface area contributed by atoms with Gasteiger partial charge in [-0.15, -0.1) is 0 Å². The summed E-state index contributed by atoms with van der Waals surface area (Å²) in [6, 6.07) is 3.46. The van der Waals surface area contributed by atoms with Crippen molar-refractivity contribution in [1.82, 2.24) is 0 Å². The molecule has 1 aromatic carbocycles. The zero-order valence-electron chi connectivity index (χ0n) is 7.32. The summed E-state index contributed by atoms with van der Waals surface area (Å²) < 4.78 is 0. The van der Waals surface area contributed by atoms with Gasteiger partial charge >= 0.3 is 51.4 Å². The third-order valence-electron chi connectivity index (χ3n) is 1.14. The molecule has 0 fully saturated rings. The summed E-state index contributed by atoms with van der Waals surface area (Å²) in [5.41, 5.74) is -0.132. The van der Waals surface area contributed by atoms with Crippen LogP contribution in [-0.2, 0) is 0 Å². The number of hydrogen-bond donors (Lipinski definition) is 1. The molecule has 12 heavy (non-hydrogen) atoms. The van der Waals surface area contributed by atoms with Crippen LogP contribution in [0.4, 0.5) is 5.69 Å². The molecule has 4 nitrogen and oxygen atoms in total. The first-order valence-electron chi connectivity index (χ1n) is 2.74. The number of nitro benzene ring substituents is 1. The second-order valence-electron chi connectivity index (χ2n) is 1.89. The van der Waals surface area contributed by atoms with E-state index < -0.39 is 4.92 Å². The van der Waals surface area contributed by atoms with Crippen molar-refractivity contribution >= 4 is 17.3 Å². The monoisotopic (exact) mass is 213 g/mol. The molecule has 1 aromatic rings. The Morgan fingerprint density at radius 3 is 2.58 bits per heavy atom. The van der Waals surface area contributed by atoms with Gasteiger partial charge in [0.25, 0.3) is 5.69 Å². The van der Waals surface area contributed by atoms with E-state index in [-0.39, 0.29) is 69.3 Å². The molecule has 0 atom stereocenters. The van der Waals surface area contributed by atoms with E-state index in [4.69, 9.17) is 16.7 Å². The summed E-state index contributed by atoms with van der Waals surface area (Å²) in [5, 5.41) is 19.0. The predicted octanol–water partition coefficient (Wildman–Crippen LogP) is -0.930. The Morgan fingerprint density at radius 1 is 1.58 bits per heavy atom. The Hall–Kier alpha value is 0.346. The fraction of sp³-hybridized carbons (Fsp3) is 0. The molecule has 0 radical (unpaired) electrons. The second-order valence-corrected chi connectivity index (χ2v) is 2.30. The first-order valence-corrected chi connectivity index (χ1v) is 3.12. The van der Waals surface area contributed by atoms with E-state index in [1.807, 2.05) is 0 Å². The molecule has 1 N–H and O–H groups in total. The van der Waals surface area contributed by atoms with Crippen molar-refractivity contribution in [1.29, 1.82) is 0 Å². The molecule has 0 aromatic heterocycles. The summed E-state index contributed by atoms with van der Waals surface area (Å²) >= 11 is 5.40. The van der Waals surface area contributed by atoms with E-state index in [2.05, 4.69) is 0 Å². The third-order valence-corrected chi connectivity index (χ3v) is 1.44. The van der Waals surface area contributed by atoms with Gasteiger partial charge in [0.15, 0.2) is 0 Å². The third kappa shape index (κ3) is 3.00. The number of hydrogen-bond acceptors (Lipinski definition) is 3. The molecular formula is C6H5ClKNO3. The quantitative estimate of drug-likeness (QED) is 0.373. The standard InChI is InChI=1S/C6H4ClNO3.K.H/c7-5-3-4(8(10)11)1-2-6(5)9;;/h1-3,9H;;/q;+1;-1. The number of nitro groups is 1. The summed E-state index contributed by atoms with van der Waals surface area (Å²) in [6.07, 6.45) is 0. The number of rotatable bonds is 1. The van der Waals surface area contributed by atoms with Crippen LogP contribution in [0.15, 0.2) is 18.2 Å². The van der Waals surface area contributed by atoms with Gasteiger partial charge in [0.05, 0.1) is 9.95 Å². The molecule has 0 bridgehead atoms. The topological polar surface area (TPSA) is 63.4 Å². The minimum atomic E-state index is -0.578. The molecule has 0 aliphatic heterocycles. The smallest absolute Gasteiger partial charge is 1.00 e. The van der Waals surface area contributed by atoms with Gasteiger partial charge < -0.3 is 6.53 Å². The molecule has 60 valence electrons. The molecule has 0 aliphatic rings. The van der Waals surface area contributed by atoms with E-state index in [1.165, 1.54) is 12.1 Å². The van der Waals surface area contributed by atoms with Crippen LogP contribution >= 0.6 is 11.6 Å². The molecule has 0 aliphatic carbocycles.